The number of alkyl halides is 3. The van der Waals surface area contributed by atoms with Gasteiger partial charge in [-0.1, -0.05) is 0 Å². The summed E-state index contributed by atoms with van der Waals surface area (Å²) in [4.78, 5) is 25.1. The summed E-state index contributed by atoms with van der Waals surface area (Å²) in [6, 6.07) is 4.65. The number of thioether (sulfide) groups is 1. The fourth-order valence-corrected chi connectivity index (χ4v) is 2.99. The highest BCUT2D eigenvalue weighted by Gasteiger charge is 2.39. The minimum Gasteiger partial charge on any atom is -0.406 e. The molecule has 9 heteroatoms. The van der Waals surface area contributed by atoms with Crippen LogP contribution >= 0.6 is 11.8 Å². The first-order valence-electron chi connectivity index (χ1n) is 6.45. The van der Waals surface area contributed by atoms with Crippen LogP contribution in [0.4, 0.5) is 18.9 Å². The van der Waals surface area contributed by atoms with Crippen LogP contribution in [0.3, 0.4) is 0 Å². The van der Waals surface area contributed by atoms with Crippen LogP contribution in [0, 0.1) is 0 Å². The Kier molecular flexibility index (Phi) is 4.97. The molecule has 1 aliphatic heterocycles. The molecule has 0 saturated carbocycles. The maximum atomic E-state index is 12.2. The van der Waals surface area contributed by atoms with E-state index in [-0.39, 0.29) is 23.9 Å². The normalized spacial score (nSPS) is 18.9. The molecule has 22 heavy (non-hydrogen) atoms. The number of anilines is 1. The number of carbonyl (C=O) groups excluding carboxylic acids is 2. The number of halogens is 3. The van der Waals surface area contributed by atoms with E-state index in [9.17, 15) is 22.8 Å². The van der Waals surface area contributed by atoms with Gasteiger partial charge in [-0.3, -0.25) is 9.59 Å². The maximum absolute atomic E-state index is 12.2. The number of rotatable bonds is 5. The van der Waals surface area contributed by atoms with Crippen molar-refractivity contribution in [3.63, 3.8) is 0 Å². The van der Waals surface area contributed by atoms with Gasteiger partial charge in [0.1, 0.15) is 5.75 Å². The summed E-state index contributed by atoms with van der Waals surface area (Å²) in [5, 5.41) is -0.458. The van der Waals surface area contributed by atoms with E-state index in [0.717, 1.165) is 17.0 Å². The third kappa shape index (κ3) is 3.92. The van der Waals surface area contributed by atoms with Crippen LogP contribution in [0.2, 0.25) is 0 Å². The standard InChI is InChI=1S/C13H13F3N2O3S/c14-13(15,16)21-9-3-1-8(2-4-9)18-11(19)7-10(12(18)20)22-6-5-17/h1-4,10H,5-7,17H2/p+1/t10-/m1/s1. The van der Waals surface area contributed by atoms with Crippen LogP contribution in [0.15, 0.2) is 24.3 Å². The zero-order chi connectivity index (χ0) is 16.3. The Morgan fingerprint density at radius 1 is 1.27 bits per heavy atom. The van der Waals surface area contributed by atoms with E-state index < -0.39 is 17.4 Å². The van der Waals surface area contributed by atoms with Crippen LogP contribution in [-0.4, -0.2) is 35.7 Å². The second kappa shape index (κ2) is 6.57. The highest BCUT2D eigenvalue weighted by molar-refractivity contribution is 8.00. The fraction of sp³-hybridized carbons (Fsp3) is 0.385. The van der Waals surface area contributed by atoms with E-state index in [1.807, 2.05) is 0 Å². The van der Waals surface area contributed by atoms with Crippen molar-refractivity contribution in [3.05, 3.63) is 24.3 Å². The SMILES string of the molecule is [NH3+]CCS[C@@H]1CC(=O)N(c2ccc(OC(F)(F)F)cc2)C1=O. The van der Waals surface area contributed by atoms with Gasteiger partial charge in [0.15, 0.2) is 0 Å². The van der Waals surface area contributed by atoms with E-state index in [2.05, 4.69) is 10.5 Å². The molecular weight excluding hydrogens is 321 g/mol. The van der Waals surface area contributed by atoms with Gasteiger partial charge in [-0.15, -0.1) is 24.9 Å². The number of nitrogens with zero attached hydrogens (tertiary/aromatic N) is 1. The summed E-state index contributed by atoms with van der Waals surface area (Å²) in [5.74, 6) is -0.460. The van der Waals surface area contributed by atoms with Crippen LogP contribution in [0.5, 0.6) is 5.75 Å². The number of ether oxygens (including phenoxy) is 1. The second-order valence-electron chi connectivity index (χ2n) is 4.53. The van der Waals surface area contributed by atoms with Crippen molar-refractivity contribution < 1.29 is 33.2 Å². The zero-order valence-corrected chi connectivity index (χ0v) is 12.2. The van der Waals surface area contributed by atoms with Crippen LogP contribution in [0.25, 0.3) is 0 Å². The van der Waals surface area contributed by atoms with E-state index in [0.29, 0.717) is 12.3 Å². The van der Waals surface area contributed by atoms with Crippen molar-refractivity contribution in [2.75, 3.05) is 17.2 Å². The van der Waals surface area contributed by atoms with E-state index in [1.54, 1.807) is 0 Å². The number of benzene rings is 1. The smallest absolute Gasteiger partial charge is 0.406 e. The molecule has 0 unspecified atom stereocenters. The summed E-state index contributed by atoms with van der Waals surface area (Å²) < 4.78 is 40.0. The molecule has 1 saturated heterocycles. The first-order chi connectivity index (χ1) is 10.3. The molecule has 0 radical (unpaired) electrons. The van der Waals surface area contributed by atoms with Gasteiger partial charge in [0.05, 0.1) is 17.5 Å². The monoisotopic (exact) mass is 335 g/mol. The molecule has 0 spiro atoms. The van der Waals surface area contributed by atoms with Crippen molar-refractivity contribution in [3.8, 4) is 5.75 Å². The predicted molar refractivity (Wildman–Crippen MR) is 74.2 cm³/mol. The highest BCUT2D eigenvalue weighted by Crippen LogP contribution is 2.31. The van der Waals surface area contributed by atoms with E-state index >= 15 is 0 Å². The summed E-state index contributed by atoms with van der Waals surface area (Å²) in [7, 11) is 0. The van der Waals surface area contributed by atoms with Gasteiger partial charge in [0, 0.05) is 12.2 Å². The fourth-order valence-electron chi connectivity index (χ4n) is 2.03. The molecule has 1 aromatic rings. The van der Waals surface area contributed by atoms with Gasteiger partial charge in [0.2, 0.25) is 11.8 Å². The lowest BCUT2D eigenvalue weighted by Gasteiger charge is -2.15. The van der Waals surface area contributed by atoms with E-state index in [1.165, 1.54) is 23.9 Å². The Balaban J connectivity index is 2.11. The van der Waals surface area contributed by atoms with Gasteiger partial charge in [-0.25, -0.2) is 4.90 Å². The van der Waals surface area contributed by atoms with Crippen molar-refractivity contribution in [2.24, 2.45) is 0 Å². The molecule has 0 bridgehead atoms. The zero-order valence-electron chi connectivity index (χ0n) is 11.4. The van der Waals surface area contributed by atoms with Crippen LogP contribution in [0.1, 0.15) is 6.42 Å². The highest BCUT2D eigenvalue weighted by atomic mass is 32.2. The van der Waals surface area contributed by atoms with Gasteiger partial charge < -0.3 is 10.5 Å². The largest absolute Gasteiger partial charge is 0.573 e. The minimum absolute atomic E-state index is 0.0876. The predicted octanol–water partition coefficient (Wildman–Crippen LogP) is 1.19. The molecule has 1 atom stereocenters. The van der Waals surface area contributed by atoms with Crippen molar-refractivity contribution in [1.29, 1.82) is 0 Å². The molecule has 3 N–H and O–H groups in total. The van der Waals surface area contributed by atoms with Gasteiger partial charge in [-0.2, -0.15) is 0 Å². The van der Waals surface area contributed by atoms with Gasteiger partial charge in [-0.05, 0) is 24.3 Å². The van der Waals surface area contributed by atoms with Crippen LogP contribution < -0.4 is 15.4 Å². The molecule has 2 amide bonds. The van der Waals surface area contributed by atoms with Crippen molar-refractivity contribution >= 4 is 29.3 Å². The Hall–Kier alpha value is -1.74. The maximum Gasteiger partial charge on any atom is 0.573 e. The number of carbonyl (C=O) groups is 2. The lowest BCUT2D eigenvalue weighted by molar-refractivity contribution is -0.360. The summed E-state index contributed by atoms with van der Waals surface area (Å²) in [5.41, 5.74) is 3.91. The molecule has 120 valence electrons. The molecule has 5 nitrogen and oxygen atoms in total. The molecule has 2 rings (SSSR count). The number of hydrogen-bond donors (Lipinski definition) is 1. The number of hydrogen-bond acceptors (Lipinski definition) is 4. The topological polar surface area (TPSA) is 74.2 Å². The lowest BCUT2D eigenvalue weighted by atomic mass is 10.3. The molecular formula is C13H14F3N2O3S+. The van der Waals surface area contributed by atoms with Gasteiger partial charge in [0.25, 0.3) is 0 Å². The second-order valence-corrected chi connectivity index (χ2v) is 5.84. The van der Waals surface area contributed by atoms with Crippen molar-refractivity contribution in [1.82, 2.24) is 0 Å². The van der Waals surface area contributed by atoms with Crippen molar-refractivity contribution in [2.45, 2.75) is 18.0 Å². The summed E-state index contributed by atoms with van der Waals surface area (Å²) in [6.45, 7) is 0.645. The Morgan fingerprint density at radius 3 is 2.45 bits per heavy atom. The summed E-state index contributed by atoms with van der Waals surface area (Å²) in [6.07, 6.45) is -4.69. The quantitative estimate of drug-likeness (QED) is 0.821. The molecule has 0 aromatic heterocycles. The third-order valence-corrected chi connectivity index (χ3v) is 4.19. The third-order valence-electron chi connectivity index (χ3n) is 2.90. The summed E-state index contributed by atoms with van der Waals surface area (Å²) >= 11 is 1.36. The molecule has 0 aliphatic carbocycles. The first-order valence-corrected chi connectivity index (χ1v) is 7.50. The van der Waals surface area contributed by atoms with Gasteiger partial charge >= 0.3 is 6.36 Å². The lowest BCUT2D eigenvalue weighted by Crippen LogP contribution is -2.51. The molecule has 1 aromatic carbocycles. The number of imide groups is 1. The molecule has 1 heterocycles. The number of quaternary nitrogens is 1. The first kappa shape index (κ1) is 16.6. The Labute approximate surface area is 128 Å². The Bertz CT molecular complexity index is 563. The Morgan fingerprint density at radius 2 is 1.91 bits per heavy atom. The number of amides is 2. The average molecular weight is 335 g/mol. The minimum atomic E-state index is -4.78. The molecule has 1 fully saturated rings. The van der Waals surface area contributed by atoms with E-state index in [4.69, 9.17) is 0 Å². The van der Waals surface area contributed by atoms with Crippen LogP contribution in [-0.2, 0) is 9.59 Å². The molecule has 1 aliphatic rings. The average Bonchev–Trinajstić information content (AvgIpc) is 2.71.